The summed E-state index contributed by atoms with van der Waals surface area (Å²) in [4.78, 5) is 13.9. The first-order valence-electron chi connectivity index (χ1n) is 7.76. The summed E-state index contributed by atoms with van der Waals surface area (Å²) in [5.41, 5.74) is 2.81. The van der Waals surface area contributed by atoms with Crippen molar-refractivity contribution >= 4 is 15.7 Å². The Labute approximate surface area is 132 Å². The third-order valence-corrected chi connectivity index (χ3v) is 5.56. The van der Waals surface area contributed by atoms with Gasteiger partial charge in [0.05, 0.1) is 0 Å². The summed E-state index contributed by atoms with van der Waals surface area (Å²) in [5, 5.41) is 2.69. The van der Waals surface area contributed by atoms with Gasteiger partial charge in [0.2, 0.25) is 5.91 Å². The SMILES string of the molecule is CCS(=O)(=O)CC(=O)NCCCN1CCc2ccccc2C1. The molecule has 1 aliphatic heterocycles. The van der Waals surface area contributed by atoms with Crippen molar-refractivity contribution < 1.29 is 13.2 Å². The summed E-state index contributed by atoms with van der Waals surface area (Å²) in [6.45, 7) is 4.98. The zero-order valence-corrected chi connectivity index (χ0v) is 13.9. The molecule has 6 heteroatoms. The van der Waals surface area contributed by atoms with Crippen LogP contribution in [0.15, 0.2) is 24.3 Å². The van der Waals surface area contributed by atoms with Crippen LogP contribution in [0.3, 0.4) is 0 Å². The summed E-state index contributed by atoms with van der Waals surface area (Å²) in [7, 11) is -3.23. The van der Waals surface area contributed by atoms with Crippen LogP contribution in [0, 0.1) is 0 Å². The Hall–Kier alpha value is -1.40. The summed E-state index contributed by atoms with van der Waals surface area (Å²) < 4.78 is 22.7. The van der Waals surface area contributed by atoms with Gasteiger partial charge in [-0.1, -0.05) is 31.2 Å². The quantitative estimate of drug-likeness (QED) is 0.760. The molecule has 1 aromatic carbocycles. The highest BCUT2D eigenvalue weighted by Crippen LogP contribution is 2.18. The number of carbonyl (C=O) groups is 1. The standard InChI is InChI=1S/C16H24N2O3S/c1-2-22(20,21)13-16(19)17-9-5-10-18-11-8-14-6-3-4-7-15(14)12-18/h3-4,6-7H,2,5,8-13H2,1H3,(H,17,19). The molecule has 0 radical (unpaired) electrons. The van der Waals surface area contributed by atoms with Crippen LogP contribution in [0.2, 0.25) is 0 Å². The third kappa shape index (κ3) is 5.10. The van der Waals surface area contributed by atoms with Crippen molar-refractivity contribution in [2.75, 3.05) is 31.1 Å². The zero-order chi connectivity index (χ0) is 16.0. The molecule has 0 bridgehead atoms. The average molecular weight is 324 g/mol. The van der Waals surface area contributed by atoms with Crippen molar-refractivity contribution in [1.82, 2.24) is 10.2 Å². The predicted octanol–water partition coefficient (Wildman–Crippen LogP) is 0.986. The van der Waals surface area contributed by atoms with Crippen LogP contribution in [-0.2, 0) is 27.6 Å². The first-order chi connectivity index (χ1) is 10.5. The zero-order valence-electron chi connectivity index (χ0n) is 13.0. The minimum absolute atomic E-state index is 0.00755. The first-order valence-corrected chi connectivity index (χ1v) is 9.58. The molecule has 5 nitrogen and oxygen atoms in total. The van der Waals surface area contributed by atoms with Crippen molar-refractivity contribution in [2.24, 2.45) is 0 Å². The van der Waals surface area contributed by atoms with Gasteiger partial charge in [0, 0.05) is 31.9 Å². The molecular formula is C16H24N2O3S. The fourth-order valence-electron chi connectivity index (χ4n) is 2.63. The second kappa shape index (κ2) is 7.74. The van der Waals surface area contributed by atoms with Crippen LogP contribution < -0.4 is 5.32 Å². The number of hydrogen-bond acceptors (Lipinski definition) is 4. The van der Waals surface area contributed by atoms with Crippen LogP contribution >= 0.6 is 0 Å². The molecule has 1 aliphatic rings. The highest BCUT2D eigenvalue weighted by Gasteiger charge is 2.16. The van der Waals surface area contributed by atoms with Gasteiger partial charge in [0.15, 0.2) is 9.84 Å². The topological polar surface area (TPSA) is 66.5 Å². The van der Waals surface area contributed by atoms with Gasteiger partial charge in [-0.05, 0) is 24.0 Å². The van der Waals surface area contributed by atoms with E-state index in [2.05, 4.69) is 34.5 Å². The van der Waals surface area contributed by atoms with Gasteiger partial charge in [-0.2, -0.15) is 0 Å². The van der Waals surface area contributed by atoms with Gasteiger partial charge in [-0.25, -0.2) is 8.42 Å². The van der Waals surface area contributed by atoms with E-state index in [1.54, 1.807) is 6.92 Å². The Kier molecular flexibility index (Phi) is 5.97. The van der Waals surface area contributed by atoms with E-state index >= 15 is 0 Å². The number of fused-ring (bicyclic) bond motifs is 1. The summed E-state index contributed by atoms with van der Waals surface area (Å²) >= 11 is 0. The molecule has 0 spiro atoms. The van der Waals surface area contributed by atoms with Crippen LogP contribution in [0.5, 0.6) is 0 Å². The molecule has 2 rings (SSSR count). The number of amides is 1. The minimum atomic E-state index is -3.23. The second-order valence-corrected chi connectivity index (χ2v) is 8.03. The van der Waals surface area contributed by atoms with E-state index in [9.17, 15) is 13.2 Å². The lowest BCUT2D eigenvalue weighted by Gasteiger charge is -2.28. The van der Waals surface area contributed by atoms with Gasteiger partial charge < -0.3 is 5.32 Å². The fourth-order valence-corrected chi connectivity index (χ4v) is 3.33. The third-order valence-electron chi connectivity index (χ3n) is 3.97. The largest absolute Gasteiger partial charge is 0.355 e. The highest BCUT2D eigenvalue weighted by atomic mass is 32.2. The lowest BCUT2D eigenvalue weighted by molar-refractivity contribution is -0.118. The van der Waals surface area contributed by atoms with Crippen molar-refractivity contribution in [3.8, 4) is 0 Å². The predicted molar refractivity (Wildman–Crippen MR) is 87.4 cm³/mol. The number of rotatable bonds is 7. The molecule has 22 heavy (non-hydrogen) atoms. The van der Waals surface area contributed by atoms with E-state index in [-0.39, 0.29) is 5.75 Å². The van der Waals surface area contributed by atoms with E-state index in [0.717, 1.165) is 32.5 Å². The Balaban J connectivity index is 1.67. The molecule has 1 amide bonds. The maximum Gasteiger partial charge on any atom is 0.235 e. The number of hydrogen-bond donors (Lipinski definition) is 1. The molecule has 0 aromatic heterocycles. The van der Waals surface area contributed by atoms with E-state index < -0.39 is 21.5 Å². The molecular weight excluding hydrogens is 300 g/mol. The molecule has 0 aliphatic carbocycles. The van der Waals surface area contributed by atoms with Gasteiger partial charge in [-0.3, -0.25) is 9.69 Å². The maximum absolute atomic E-state index is 11.5. The lowest BCUT2D eigenvalue weighted by atomic mass is 10.00. The number of benzene rings is 1. The molecule has 1 N–H and O–H groups in total. The van der Waals surface area contributed by atoms with Crippen molar-refractivity contribution in [1.29, 1.82) is 0 Å². The summed E-state index contributed by atoms with van der Waals surface area (Å²) in [6.07, 6.45) is 1.90. The van der Waals surface area contributed by atoms with Crippen molar-refractivity contribution in [2.45, 2.75) is 26.3 Å². The van der Waals surface area contributed by atoms with Gasteiger partial charge >= 0.3 is 0 Å². The fraction of sp³-hybridized carbons (Fsp3) is 0.562. The molecule has 1 heterocycles. The molecule has 122 valence electrons. The number of sulfone groups is 1. The van der Waals surface area contributed by atoms with Crippen LogP contribution in [0.4, 0.5) is 0 Å². The van der Waals surface area contributed by atoms with Crippen LogP contribution in [0.25, 0.3) is 0 Å². The smallest absolute Gasteiger partial charge is 0.235 e. The van der Waals surface area contributed by atoms with E-state index in [4.69, 9.17) is 0 Å². The number of nitrogens with zero attached hydrogens (tertiary/aromatic N) is 1. The van der Waals surface area contributed by atoms with Crippen LogP contribution in [-0.4, -0.2) is 50.4 Å². The Morgan fingerprint density at radius 2 is 2.00 bits per heavy atom. The lowest BCUT2D eigenvalue weighted by Crippen LogP contribution is -2.35. The normalized spacial score (nSPS) is 15.3. The maximum atomic E-state index is 11.5. The van der Waals surface area contributed by atoms with E-state index in [0.29, 0.717) is 6.54 Å². The first kappa shape index (κ1) is 17.0. The molecule has 0 atom stereocenters. The number of nitrogens with one attached hydrogen (secondary N) is 1. The average Bonchev–Trinajstić information content (AvgIpc) is 2.51. The molecule has 0 saturated carbocycles. The van der Waals surface area contributed by atoms with E-state index in [1.807, 2.05) is 0 Å². The van der Waals surface area contributed by atoms with Gasteiger partial charge in [-0.15, -0.1) is 0 Å². The summed E-state index contributed by atoms with van der Waals surface area (Å²) in [6, 6.07) is 8.49. The molecule has 0 fully saturated rings. The molecule has 1 aromatic rings. The minimum Gasteiger partial charge on any atom is -0.355 e. The van der Waals surface area contributed by atoms with Crippen molar-refractivity contribution in [3.63, 3.8) is 0 Å². The number of carbonyl (C=O) groups excluding carboxylic acids is 1. The molecule has 0 unspecified atom stereocenters. The van der Waals surface area contributed by atoms with Crippen molar-refractivity contribution in [3.05, 3.63) is 35.4 Å². The summed E-state index contributed by atoms with van der Waals surface area (Å²) in [5.74, 6) is -0.792. The van der Waals surface area contributed by atoms with Gasteiger partial charge in [0.25, 0.3) is 0 Å². The Morgan fingerprint density at radius 1 is 1.27 bits per heavy atom. The highest BCUT2D eigenvalue weighted by molar-refractivity contribution is 7.92. The van der Waals surface area contributed by atoms with Crippen LogP contribution in [0.1, 0.15) is 24.5 Å². The molecule has 0 saturated heterocycles. The monoisotopic (exact) mass is 324 g/mol. The van der Waals surface area contributed by atoms with E-state index in [1.165, 1.54) is 11.1 Å². The van der Waals surface area contributed by atoms with Gasteiger partial charge in [0.1, 0.15) is 5.75 Å². The Morgan fingerprint density at radius 3 is 2.73 bits per heavy atom. The Bertz CT molecular complexity index is 614. The second-order valence-electron chi connectivity index (χ2n) is 5.67.